The van der Waals surface area contributed by atoms with Crippen LogP contribution in [0.15, 0.2) is 46.0 Å². The molecular weight excluding hydrogens is 423 g/mol. The number of benzene rings is 2. The van der Waals surface area contributed by atoms with E-state index in [2.05, 4.69) is 10.3 Å². The number of carbonyl (C=O) groups is 1. The SMILES string of the molecule is C[C@@H](NC(=O)[C@@H](CC1CCC1)n1c(=O)[nH]c2ccc(F)cc2c1=O)c1ccc(F)cc1F. The average Bonchev–Trinajstić information content (AvgIpc) is 2.69. The van der Waals surface area contributed by atoms with E-state index in [-0.39, 0.29) is 28.8 Å². The molecule has 1 aromatic heterocycles. The maximum absolute atomic E-state index is 14.2. The summed E-state index contributed by atoms with van der Waals surface area (Å²) in [6, 6.07) is 4.47. The van der Waals surface area contributed by atoms with Gasteiger partial charge >= 0.3 is 5.69 Å². The first kappa shape index (κ1) is 21.9. The highest BCUT2D eigenvalue weighted by molar-refractivity contribution is 5.82. The second-order valence-corrected chi connectivity index (χ2v) is 8.24. The second kappa shape index (κ2) is 8.64. The van der Waals surface area contributed by atoms with Gasteiger partial charge in [0.25, 0.3) is 5.56 Å². The van der Waals surface area contributed by atoms with E-state index in [1.54, 1.807) is 0 Å². The zero-order valence-corrected chi connectivity index (χ0v) is 17.3. The molecule has 32 heavy (non-hydrogen) atoms. The fraction of sp³-hybridized carbons (Fsp3) is 0.348. The summed E-state index contributed by atoms with van der Waals surface area (Å²) >= 11 is 0. The molecule has 2 atom stereocenters. The minimum Gasteiger partial charge on any atom is -0.348 e. The third-order valence-electron chi connectivity index (χ3n) is 6.07. The fourth-order valence-electron chi connectivity index (χ4n) is 4.10. The van der Waals surface area contributed by atoms with Gasteiger partial charge in [-0.2, -0.15) is 0 Å². The number of aromatic nitrogens is 2. The fourth-order valence-corrected chi connectivity index (χ4v) is 4.10. The van der Waals surface area contributed by atoms with Crippen LogP contribution in [0.25, 0.3) is 10.9 Å². The number of hydrogen-bond donors (Lipinski definition) is 2. The normalized spacial score (nSPS) is 15.9. The zero-order chi connectivity index (χ0) is 23.0. The lowest BCUT2D eigenvalue weighted by Crippen LogP contribution is -2.46. The van der Waals surface area contributed by atoms with Crippen LogP contribution in [0.5, 0.6) is 0 Å². The van der Waals surface area contributed by atoms with Gasteiger partial charge in [0.05, 0.1) is 16.9 Å². The van der Waals surface area contributed by atoms with Gasteiger partial charge in [-0.25, -0.2) is 22.5 Å². The Balaban J connectivity index is 1.72. The van der Waals surface area contributed by atoms with Gasteiger partial charge in [-0.15, -0.1) is 0 Å². The molecule has 9 heteroatoms. The molecule has 1 heterocycles. The topological polar surface area (TPSA) is 84.0 Å². The zero-order valence-electron chi connectivity index (χ0n) is 17.3. The summed E-state index contributed by atoms with van der Waals surface area (Å²) in [5, 5.41) is 2.59. The third kappa shape index (κ3) is 4.19. The van der Waals surface area contributed by atoms with Crippen molar-refractivity contribution in [3.05, 3.63) is 80.3 Å². The number of nitrogens with zero attached hydrogens (tertiary/aromatic N) is 1. The van der Waals surface area contributed by atoms with Gasteiger partial charge in [-0.1, -0.05) is 25.3 Å². The Kier molecular flexibility index (Phi) is 5.90. The highest BCUT2D eigenvalue weighted by Gasteiger charge is 2.31. The molecule has 1 amide bonds. The van der Waals surface area contributed by atoms with E-state index < -0.39 is 46.7 Å². The molecule has 6 nitrogen and oxygen atoms in total. The molecule has 2 aromatic carbocycles. The highest BCUT2D eigenvalue weighted by atomic mass is 19.1. The Bertz CT molecular complexity index is 1300. The lowest BCUT2D eigenvalue weighted by atomic mass is 9.80. The van der Waals surface area contributed by atoms with E-state index in [1.807, 2.05) is 0 Å². The van der Waals surface area contributed by atoms with Crippen LogP contribution in [0, 0.1) is 23.4 Å². The molecule has 1 saturated carbocycles. The van der Waals surface area contributed by atoms with Crippen molar-refractivity contribution in [1.82, 2.24) is 14.9 Å². The van der Waals surface area contributed by atoms with E-state index in [9.17, 15) is 27.6 Å². The summed E-state index contributed by atoms with van der Waals surface area (Å²) in [6.07, 6.45) is 2.96. The van der Waals surface area contributed by atoms with E-state index in [1.165, 1.54) is 19.1 Å². The quantitative estimate of drug-likeness (QED) is 0.607. The Morgan fingerprint density at radius 1 is 1.12 bits per heavy atom. The number of fused-ring (bicyclic) bond motifs is 1. The average molecular weight is 445 g/mol. The largest absolute Gasteiger partial charge is 0.348 e. The van der Waals surface area contributed by atoms with Crippen LogP contribution in [0.4, 0.5) is 13.2 Å². The Labute approximate surface area is 181 Å². The summed E-state index contributed by atoms with van der Waals surface area (Å²) in [5.41, 5.74) is -1.32. The van der Waals surface area contributed by atoms with Crippen molar-refractivity contribution in [3.63, 3.8) is 0 Å². The molecule has 3 aromatic rings. The molecule has 0 radical (unpaired) electrons. The predicted octanol–water partition coefficient (Wildman–Crippen LogP) is 3.72. The van der Waals surface area contributed by atoms with E-state index in [4.69, 9.17) is 0 Å². The number of hydrogen-bond acceptors (Lipinski definition) is 3. The minimum absolute atomic E-state index is 0.0476. The first-order valence-corrected chi connectivity index (χ1v) is 10.4. The van der Waals surface area contributed by atoms with Crippen LogP contribution in [0.3, 0.4) is 0 Å². The lowest BCUT2D eigenvalue weighted by Gasteiger charge is -2.30. The summed E-state index contributed by atoms with van der Waals surface area (Å²) in [7, 11) is 0. The first-order chi connectivity index (χ1) is 15.2. The number of rotatable bonds is 6. The monoisotopic (exact) mass is 445 g/mol. The molecule has 4 rings (SSSR count). The standard InChI is InChI=1S/C23H22F3N3O3/c1-12(16-7-5-15(25)11-18(16)26)27-21(30)20(9-13-3-2-4-13)29-22(31)17-10-14(24)6-8-19(17)28-23(29)32/h5-8,10-13,20H,2-4,9H2,1H3,(H,27,30)(H,28,32)/t12-,20-/m1/s1. The number of amides is 1. The molecule has 0 saturated heterocycles. The maximum atomic E-state index is 14.2. The molecule has 1 aliphatic carbocycles. The van der Waals surface area contributed by atoms with Gasteiger partial charge in [0, 0.05) is 11.6 Å². The number of aromatic amines is 1. The van der Waals surface area contributed by atoms with Crippen LogP contribution in [-0.2, 0) is 4.79 Å². The van der Waals surface area contributed by atoms with E-state index in [0.29, 0.717) is 0 Å². The van der Waals surface area contributed by atoms with Crippen molar-refractivity contribution in [3.8, 4) is 0 Å². The van der Waals surface area contributed by atoms with Crippen molar-refractivity contribution in [2.45, 2.75) is 44.7 Å². The Hall–Kier alpha value is -3.36. The van der Waals surface area contributed by atoms with Crippen LogP contribution in [-0.4, -0.2) is 15.5 Å². The summed E-state index contributed by atoms with van der Waals surface area (Å²) in [6.45, 7) is 1.53. The summed E-state index contributed by atoms with van der Waals surface area (Å²) in [4.78, 5) is 41.6. The number of halogens is 3. The molecule has 0 bridgehead atoms. The summed E-state index contributed by atoms with van der Waals surface area (Å²) < 4.78 is 41.9. The number of nitrogens with one attached hydrogen (secondary N) is 2. The number of H-pyrrole nitrogens is 1. The van der Waals surface area contributed by atoms with Gasteiger partial charge in [-0.05, 0) is 43.5 Å². The van der Waals surface area contributed by atoms with Gasteiger partial charge in [0.1, 0.15) is 23.5 Å². The smallest absolute Gasteiger partial charge is 0.329 e. The van der Waals surface area contributed by atoms with E-state index in [0.717, 1.165) is 48.1 Å². The second-order valence-electron chi connectivity index (χ2n) is 8.24. The van der Waals surface area contributed by atoms with Gasteiger partial charge in [-0.3, -0.25) is 9.59 Å². The Morgan fingerprint density at radius 3 is 2.47 bits per heavy atom. The van der Waals surface area contributed by atoms with Gasteiger partial charge < -0.3 is 10.3 Å². The van der Waals surface area contributed by atoms with Crippen LogP contribution in [0.2, 0.25) is 0 Å². The van der Waals surface area contributed by atoms with E-state index >= 15 is 0 Å². The molecule has 1 fully saturated rings. The molecule has 0 aliphatic heterocycles. The van der Waals surface area contributed by atoms with Crippen molar-refractivity contribution in [2.24, 2.45) is 5.92 Å². The van der Waals surface area contributed by atoms with Crippen LogP contribution < -0.4 is 16.6 Å². The highest BCUT2D eigenvalue weighted by Crippen LogP contribution is 2.33. The molecular formula is C23H22F3N3O3. The molecule has 1 aliphatic rings. The van der Waals surface area contributed by atoms with Crippen LogP contribution >= 0.6 is 0 Å². The molecule has 0 unspecified atom stereocenters. The van der Waals surface area contributed by atoms with Crippen molar-refractivity contribution in [1.29, 1.82) is 0 Å². The maximum Gasteiger partial charge on any atom is 0.329 e. The molecule has 0 spiro atoms. The minimum atomic E-state index is -1.16. The first-order valence-electron chi connectivity index (χ1n) is 10.4. The van der Waals surface area contributed by atoms with Crippen molar-refractivity contribution >= 4 is 16.8 Å². The lowest BCUT2D eigenvalue weighted by molar-refractivity contribution is -0.126. The summed E-state index contributed by atoms with van der Waals surface area (Å²) in [5.74, 6) is -2.69. The third-order valence-corrected chi connectivity index (χ3v) is 6.07. The van der Waals surface area contributed by atoms with Crippen molar-refractivity contribution in [2.75, 3.05) is 0 Å². The van der Waals surface area contributed by atoms with Crippen LogP contribution in [0.1, 0.15) is 50.3 Å². The Morgan fingerprint density at radius 2 is 1.81 bits per heavy atom. The molecule has 168 valence electrons. The van der Waals surface area contributed by atoms with Gasteiger partial charge in [0.15, 0.2) is 0 Å². The van der Waals surface area contributed by atoms with Crippen molar-refractivity contribution < 1.29 is 18.0 Å². The van der Waals surface area contributed by atoms with Gasteiger partial charge in [0.2, 0.25) is 5.91 Å². The molecule has 2 N–H and O–H groups in total. The predicted molar refractivity (Wildman–Crippen MR) is 113 cm³/mol. The number of carbonyl (C=O) groups excluding carboxylic acids is 1.